The number of allylic oxidation sites excluding steroid dienone is 1. The summed E-state index contributed by atoms with van der Waals surface area (Å²) in [6.07, 6.45) is 1.79. The topological polar surface area (TPSA) is 34.1 Å². The number of hydrogen-bond acceptors (Lipinski definition) is 2. The Morgan fingerprint density at radius 3 is 2.47 bits per heavy atom. The second kappa shape index (κ2) is 4.83. The van der Waals surface area contributed by atoms with Gasteiger partial charge in [-0.15, -0.1) is 11.6 Å². The molecule has 1 saturated carbocycles. The van der Waals surface area contributed by atoms with Gasteiger partial charge in [0.2, 0.25) is 0 Å². The summed E-state index contributed by atoms with van der Waals surface area (Å²) in [5.41, 5.74) is 0.950. The van der Waals surface area contributed by atoms with E-state index >= 15 is 0 Å². The fourth-order valence-electron chi connectivity index (χ4n) is 2.10. The summed E-state index contributed by atoms with van der Waals surface area (Å²) in [5, 5.41) is -0.592. The number of halogens is 1. The van der Waals surface area contributed by atoms with E-state index in [1.807, 2.05) is 6.07 Å². The van der Waals surface area contributed by atoms with Crippen molar-refractivity contribution in [2.24, 2.45) is 0 Å². The van der Waals surface area contributed by atoms with E-state index in [0.29, 0.717) is 24.2 Å². The molecule has 0 saturated heterocycles. The first-order chi connectivity index (χ1) is 8.01. The molecule has 2 unspecified atom stereocenters. The highest BCUT2D eigenvalue weighted by molar-refractivity contribution is 7.92. The van der Waals surface area contributed by atoms with Crippen LogP contribution in [-0.2, 0) is 9.84 Å². The Morgan fingerprint density at radius 2 is 1.88 bits per heavy atom. The summed E-state index contributed by atoms with van der Waals surface area (Å²) in [5.74, 6) is 0. The summed E-state index contributed by atoms with van der Waals surface area (Å²) >= 11 is 6.09. The van der Waals surface area contributed by atoms with Crippen LogP contribution in [-0.4, -0.2) is 19.0 Å². The maximum atomic E-state index is 12.4. The molecule has 2 rings (SSSR count). The van der Waals surface area contributed by atoms with Crippen LogP contribution in [0.25, 0.3) is 0 Å². The maximum Gasteiger partial charge on any atom is 0.181 e. The van der Waals surface area contributed by atoms with Crippen LogP contribution in [0.1, 0.15) is 19.3 Å². The Morgan fingerprint density at radius 1 is 1.24 bits per heavy atom. The lowest BCUT2D eigenvalue weighted by Crippen LogP contribution is -2.29. The Kier molecular flexibility index (Phi) is 3.59. The van der Waals surface area contributed by atoms with Crippen molar-refractivity contribution in [1.82, 2.24) is 0 Å². The quantitative estimate of drug-likeness (QED) is 0.611. The average Bonchev–Trinajstić information content (AvgIpc) is 2.33. The fourth-order valence-corrected chi connectivity index (χ4v) is 4.33. The molecular formula is C13H15ClO2S. The van der Waals surface area contributed by atoms with E-state index in [2.05, 4.69) is 6.58 Å². The second-order valence-electron chi connectivity index (χ2n) is 4.38. The zero-order valence-electron chi connectivity index (χ0n) is 9.47. The molecule has 1 aromatic rings. The van der Waals surface area contributed by atoms with Crippen molar-refractivity contribution in [3.63, 3.8) is 0 Å². The van der Waals surface area contributed by atoms with Gasteiger partial charge in [0.25, 0.3) is 0 Å². The first-order valence-electron chi connectivity index (χ1n) is 5.62. The highest BCUT2D eigenvalue weighted by Crippen LogP contribution is 2.33. The molecule has 0 radical (unpaired) electrons. The summed E-state index contributed by atoms with van der Waals surface area (Å²) in [6.45, 7) is 3.86. The van der Waals surface area contributed by atoms with Crippen LogP contribution >= 0.6 is 11.6 Å². The Balaban J connectivity index is 2.26. The first kappa shape index (κ1) is 12.7. The Hall–Kier alpha value is -0.800. The van der Waals surface area contributed by atoms with Crippen molar-refractivity contribution < 1.29 is 8.42 Å². The zero-order valence-corrected chi connectivity index (χ0v) is 11.0. The molecule has 1 aliphatic rings. The van der Waals surface area contributed by atoms with Gasteiger partial charge < -0.3 is 0 Å². The van der Waals surface area contributed by atoms with Crippen molar-refractivity contribution in [2.75, 3.05) is 0 Å². The van der Waals surface area contributed by atoms with Crippen LogP contribution in [0.2, 0.25) is 0 Å². The van der Waals surface area contributed by atoms with Crippen molar-refractivity contribution >= 4 is 21.4 Å². The van der Waals surface area contributed by atoms with Crippen molar-refractivity contribution in [1.29, 1.82) is 0 Å². The molecule has 92 valence electrons. The molecule has 0 aromatic heterocycles. The summed E-state index contributed by atoms with van der Waals surface area (Å²) < 4.78 is 24.7. The van der Waals surface area contributed by atoms with Crippen LogP contribution < -0.4 is 0 Å². The number of sulfone groups is 1. The van der Waals surface area contributed by atoms with Crippen LogP contribution in [0.3, 0.4) is 0 Å². The lowest BCUT2D eigenvalue weighted by atomic mass is 9.95. The van der Waals surface area contributed by atoms with Crippen LogP contribution in [0, 0.1) is 0 Å². The third-order valence-corrected chi connectivity index (χ3v) is 5.93. The molecule has 17 heavy (non-hydrogen) atoms. The monoisotopic (exact) mass is 270 g/mol. The molecule has 2 nitrogen and oxygen atoms in total. The van der Waals surface area contributed by atoms with Gasteiger partial charge in [-0.05, 0) is 31.4 Å². The third-order valence-electron chi connectivity index (χ3n) is 3.21. The molecule has 0 amide bonds. The summed E-state index contributed by atoms with van der Waals surface area (Å²) in [7, 11) is -3.24. The predicted molar refractivity (Wildman–Crippen MR) is 70.0 cm³/mol. The summed E-state index contributed by atoms with van der Waals surface area (Å²) in [6, 6.07) is 8.58. The average molecular weight is 271 g/mol. The van der Waals surface area contributed by atoms with Gasteiger partial charge in [-0.25, -0.2) is 8.42 Å². The lowest BCUT2D eigenvalue weighted by Gasteiger charge is -2.27. The number of hydrogen-bond donors (Lipinski definition) is 0. The van der Waals surface area contributed by atoms with Gasteiger partial charge in [0.15, 0.2) is 9.84 Å². The van der Waals surface area contributed by atoms with Gasteiger partial charge in [0.1, 0.15) is 0 Å². The summed E-state index contributed by atoms with van der Waals surface area (Å²) in [4.78, 5) is 0.390. The molecule has 0 spiro atoms. The van der Waals surface area contributed by atoms with Gasteiger partial charge in [0, 0.05) is 0 Å². The van der Waals surface area contributed by atoms with Gasteiger partial charge in [-0.1, -0.05) is 30.4 Å². The largest absolute Gasteiger partial charge is 0.223 e. The number of rotatable bonds is 2. The van der Waals surface area contributed by atoms with E-state index in [9.17, 15) is 8.42 Å². The van der Waals surface area contributed by atoms with E-state index < -0.39 is 9.84 Å². The van der Waals surface area contributed by atoms with E-state index in [1.54, 1.807) is 24.3 Å². The van der Waals surface area contributed by atoms with E-state index in [-0.39, 0.29) is 10.6 Å². The molecule has 0 bridgehead atoms. The van der Waals surface area contributed by atoms with Crippen molar-refractivity contribution in [3.05, 3.63) is 42.5 Å². The minimum absolute atomic E-state index is 0.216. The Labute approximate surface area is 107 Å². The molecule has 0 N–H and O–H groups in total. The fraction of sp³-hybridized carbons (Fsp3) is 0.385. The van der Waals surface area contributed by atoms with Crippen molar-refractivity contribution in [2.45, 2.75) is 34.8 Å². The molecular weight excluding hydrogens is 256 g/mol. The minimum atomic E-state index is -3.24. The zero-order chi connectivity index (χ0) is 12.5. The van der Waals surface area contributed by atoms with E-state index in [4.69, 9.17) is 11.6 Å². The molecule has 1 fully saturated rings. The smallest absolute Gasteiger partial charge is 0.181 e. The van der Waals surface area contributed by atoms with E-state index in [0.717, 1.165) is 5.57 Å². The second-order valence-corrected chi connectivity index (χ2v) is 7.14. The number of alkyl halides is 1. The van der Waals surface area contributed by atoms with Gasteiger partial charge in [0.05, 0.1) is 15.5 Å². The maximum absolute atomic E-state index is 12.4. The van der Waals surface area contributed by atoms with Gasteiger partial charge in [-0.2, -0.15) is 0 Å². The van der Waals surface area contributed by atoms with Gasteiger partial charge >= 0.3 is 0 Å². The SMILES string of the molecule is C=C1CCC(S(=O)(=O)c2ccccc2)CC1Cl. The van der Waals surface area contributed by atoms with Crippen LogP contribution in [0.4, 0.5) is 0 Å². The molecule has 0 heterocycles. The first-order valence-corrected chi connectivity index (χ1v) is 7.61. The van der Waals surface area contributed by atoms with E-state index in [1.165, 1.54) is 0 Å². The van der Waals surface area contributed by atoms with Gasteiger partial charge in [-0.3, -0.25) is 0 Å². The molecule has 4 heteroatoms. The highest BCUT2D eigenvalue weighted by Gasteiger charge is 2.33. The minimum Gasteiger partial charge on any atom is -0.223 e. The Bertz CT molecular complexity index is 507. The van der Waals surface area contributed by atoms with Crippen LogP contribution in [0.15, 0.2) is 47.4 Å². The standard InChI is InChI=1S/C13H15ClO2S/c1-10-7-8-12(9-13(10)14)17(15,16)11-5-3-2-4-6-11/h2-6,12-13H,1,7-9H2. The number of benzene rings is 1. The van der Waals surface area contributed by atoms with Crippen molar-refractivity contribution in [3.8, 4) is 0 Å². The molecule has 2 atom stereocenters. The molecule has 1 aromatic carbocycles. The normalized spacial score (nSPS) is 25.8. The van der Waals surface area contributed by atoms with Crippen LogP contribution in [0.5, 0.6) is 0 Å². The predicted octanol–water partition coefficient (Wildman–Crippen LogP) is 3.18. The molecule has 0 aliphatic heterocycles. The lowest BCUT2D eigenvalue weighted by molar-refractivity contribution is 0.540. The highest BCUT2D eigenvalue weighted by atomic mass is 35.5. The molecule has 1 aliphatic carbocycles. The third kappa shape index (κ3) is 2.55.